The highest BCUT2D eigenvalue weighted by Gasteiger charge is 2.27. The van der Waals surface area contributed by atoms with Crippen LogP contribution in [0.5, 0.6) is 11.5 Å². The second-order valence-electron chi connectivity index (χ2n) is 8.08. The van der Waals surface area contributed by atoms with Crippen molar-refractivity contribution in [3.8, 4) is 11.5 Å². The van der Waals surface area contributed by atoms with Crippen molar-refractivity contribution in [1.82, 2.24) is 15.2 Å². The van der Waals surface area contributed by atoms with Crippen molar-refractivity contribution in [2.75, 3.05) is 20.8 Å². The summed E-state index contributed by atoms with van der Waals surface area (Å²) in [5, 5.41) is 4.49. The topological polar surface area (TPSA) is 66.6 Å². The maximum absolute atomic E-state index is 13.1. The summed E-state index contributed by atoms with van der Waals surface area (Å²) in [4.78, 5) is 18.5. The SMILES string of the molecule is COc1ccc([C@@H](NC(=O)N2CCc3c([nH]c4ccccc34)C2)C(C)C)cc1OC. The van der Waals surface area contributed by atoms with Gasteiger partial charge in [0.2, 0.25) is 0 Å². The number of fused-ring (bicyclic) bond motifs is 3. The van der Waals surface area contributed by atoms with Gasteiger partial charge in [-0.15, -0.1) is 0 Å². The van der Waals surface area contributed by atoms with Gasteiger partial charge in [0.15, 0.2) is 11.5 Å². The van der Waals surface area contributed by atoms with Gasteiger partial charge in [0.1, 0.15) is 0 Å². The second kappa shape index (κ2) is 8.30. The number of carbonyl (C=O) groups excluding carboxylic acids is 1. The molecule has 0 aliphatic carbocycles. The number of H-pyrrole nitrogens is 1. The molecule has 0 saturated carbocycles. The van der Waals surface area contributed by atoms with Crippen LogP contribution in [0.25, 0.3) is 10.9 Å². The third-order valence-electron chi connectivity index (χ3n) is 5.88. The van der Waals surface area contributed by atoms with E-state index in [0.29, 0.717) is 24.6 Å². The average Bonchev–Trinajstić information content (AvgIpc) is 3.14. The number of aromatic amines is 1. The number of aromatic nitrogens is 1. The molecular weight excluding hydrogens is 378 g/mol. The quantitative estimate of drug-likeness (QED) is 0.647. The third kappa shape index (κ3) is 3.70. The van der Waals surface area contributed by atoms with Crippen LogP contribution >= 0.6 is 0 Å². The molecular formula is C24H29N3O3. The number of hydrogen-bond acceptors (Lipinski definition) is 3. The molecule has 1 aromatic heterocycles. The Kier molecular flexibility index (Phi) is 5.57. The summed E-state index contributed by atoms with van der Waals surface area (Å²) >= 11 is 0. The first-order valence-corrected chi connectivity index (χ1v) is 10.4. The number of benzene rings is 2. The van der Waals surface area contributed by atoms with Crippen LogP contribution in [0.1, 0.15) is 36.7 Å². The van der Waals surface area contributed by atoms with Gasteiger partial charge in [0.25, 0.3) is 0 Å². The summed E-state index contributed by atoms with van der Waals surface area (Å²) in [6.45, 7) is 5.51. The molecule has 0 spiro atoms. The van der Waals surface area contributed by atoms with Crippen LogP contribution in [0.15, 0.2) is 42.5 Å². The van der Waals surface area contributed by atoms with Gasteiger partial charge in [0, 0.05) is 23.1 Å². The van der Waals surface area contributed by atoms with E-state index in [4.69, 9.17) is 9.47 Å². The van der Waals surface area contributed by atoms with Crippen LogP contribution < -0.4 is 14.8 Å². The lowest BCUT2D eigenvalue weighted by Gasteiger charge is -2.31. The van der Waals surface area contributed by atoms with Gasteiger partial charge < -0.3 is 24.7 Å². The van der Waals surface area contributed by atoms with E-state index in [-0.39, 0.29) is 18.0 Å². The molecule has 2 aromatic carbocycles. The number of ether oxygens (including phenoxy) is 2. The highest BCUT2D eigenvalue weighted by Crippen LogP contribution is 2.33. The van der Waals surface area contributed by atoms with Gasteiger partial charge >= 0.3 is 6.03 Å². The molecule has 1 aliphatic rings. The zero-order chi connectivity index (χ0) is 21.3. The van der Waals surface area contributed by atoms with Crippen LogP contribution in [0.4, 0.5) is 4.79 Å². The summed E-state index contributed by atoms with van der Waals surface area (Å²) in [5.41, 5.74) is 4.59. The fourth-order valence-corrected chi connectivity index (χ4v) is 4.27. The number of amides is 2. The Morgan fingerprint density at radius 1 is 1.10 bits per heavy atom. The number of urea groups is 1. The Balaban J connectivity index is 1.53. The van der Waals surface area contributed by atoms with E-state index in [9.17, 15) is 4.79 Å². The summed E-state index contributed by atoms with van der Waals surface area (Å²) in [7, 11) is 3.24. The maximum Gasteiger partial charge on any atom is 0.318 e. The van der Waals surface area contributed by atoms with Crippen molar-refractivity contribution in [3.63, 3.8) is 0 Å². The normalized spacial score (nSPS) is 14.5. The number of para-hydroxylation sites is 1. The lowest BCUT2D eigenvalue weighted by atomic mass is 9.95. The fraction of sp³-hybridized carbons (Fsp3) is 0.375. The first-order chi connectivity index (χ1) is 14.5. The first kappa shape index (κ1) is 20.1. The largest absolute Gasteiger partial charge is 0.493 e. The maximum atomic E-state index is 13.1. The Morgan fingerprint density at radius 2 is 1.87 bits per heavy atom. The van der Waals surface area contributed by atoms with Crippen LogP contribution in [0, 0.1) is 5.92 Å². The number of carbonyl (C=O) groups is 1. The van der Waals surface area contributed by atoms with Crippen molar-refractivity contribution in [2.24, 2.45) is 5.92 Å². The standard InChI is InChI=1S/C24H29N3O3/c1-15(2)23(16-9-10-21(29-3)22(13-16)30-4)26-24(28)27-12-11-18-17-7-5-6-8-19(17)25-20(18)14-27/h5-10,13,15,23,25H,11-12,14H2,1-4H3,(H,26,28)/t23-/m0/s1. The van der Waals surface area contributed by atoms with E-state index in [2.05, 4.69) is 42.3 Å². The van der Waals surface area contributed by atoms with Crippen LogP contribution in [0.2, 0.25) is 0 Å². The van der Waals surface area contributed by atoms with Crippen LogP contribution in [-0.2, 0) is 13.0 Å². The van der Waals surface area contributed by atoms with Gasteiger partial charge in [-0.1, -0.05) is 38.1 Å². The molecule has 3 aromatic rings. The van der Waals surface area contributed by atoms with Gasteiger partial charge in [-0.3, -0.25) is 0 Å². The monoisotopic (exact) mass is 407 g/mol. The molecule has 0 fully saturated rings. The Morgan fingerprint density at radius 3 is 2.60 bits per heavy atom. The predicted molar refractivity (Wildman–Crippen MR) is 118 cm³/mol. The minimum atomic E-state index is -0.124. The third-order valence-corrected chi connectivity index (χ3v) is 5.88. The van der Waals surface area contributed by atoms with Gasteiger partial charge in [0.05, 0.1) is 26.8 Å². The molecule has 158 valence electrons. The molecule has 6 nitrogen and oxygen atoms in total. The average molecular weight is 408 g/mol. The Labute approximate surface area is 177 Å². The molecule has 0 unspecified atom stereocenters. The van der Waals surface area contributed by atoms with Crippen molar-refractivity contribution in [2.45, 2.75) is 32.9 Å². The first-order valence-electron chi connectivity index (χ1n) is 10.4. The number of rotatable bonds is 5. The molecule has 0 saturated heterocycles. The lowest BCUT2D eigenvalue weighted by molar-refractivity contribution is 0.184. The zero-order valence-corrected chi connectivity index (χ0v) is 18.0. The smallest absolute Gasteiger partial charge is 0.318 e. The minimum absolute atomic E-state index is 0.0483. The highest BCUT2D eigenvalue weighted by atomic mass is 16.5. The number of nitrogens with one attached hydrogen (secondary N) is 2. The lowest BCUT2D eigenvalue weighted by Crippen LogP contribution is -2.45. The summed E-state index contributed by atoms with van der Waals surface area (Å²) in [6, 6.07) is 14.0. The number of methoxy groups -OCH3 is 2. The highest BCUT2D eigenvalue weighted by molar-refractivity contribution is 5.85. The summed E-state index contributed by atoms with van der Waals surface area (Å²) < 4.78 is 10.8. The van der Waals surface area contributed by atoms with E-state index < -0.39 is 0 Å². The fourth-order valence-electron chi connectivity index (χ4n) is 4.27. The van der Waals surface area contributed by atoms with Crippen LogP contribution in [-0.4, -0.2) is 36.7 Å². The van der Waals surface area contributed by atoms with Crippen LogP contribution in [0.3, 0.4) is 0 Å². The molecule has 2 N–H and O–H groups in total. The van der Waals surface area contributed by atoms with E-state index in [1.807, 2.05) is 29.2 Å². The molecule has 2 amide bonds. The number of nitrogens with zero attached hydrogens (tertiary/aromatic N) is 1. The molecule has 1 atom stereocenters. The van der Waals surface area contributed by atoms with E-state index in [0.717, 1.165) is 23.2 Å². The minimum Gasteiger partial charge on any atom is -0.493 e. The van der Waals surface area contributed by atoms with E-state index in [1.165, 1.54) is 10.9 Å². The van der Waals surface area contributed by atoms with Crippen molar-refractivity contribution < 1.29 is 14.3 Å². The summed E-state index contributed by atoms with van der Waals surface area (Å²) in [5.74, 6) is 1.56. The Hall–Kier alpha value is -3.15. The molecule has 30 heavy (non-hydrogen) atoms. The van der Waals surface area contributed by atoms with Crippen molar-refractivity contribution in [1.29, 1.82) is 0 Å². The predicted octanol–water partition coefficient (Wildman–Crippen LogP) is 4.65. The Bertz CT molecular complexity index is 1060. The number of hydrogen-bond donors (Lipinski definition) is 2. The van der Waals surface area contributed by atoms with E-state index in [1.54, 1.807) is 14.2 Å². The molecule has 1 aliphatic heterocycles. The van der Waals surface area contributed by atoms with Gasteiger partial charge in [-0.25, -0.2) is 4.79 Å². The van der Waals surface area contributed by atoms with Gasteiger partial charge in [-0.2, -0.15) is 0 Å². The zero-order valence-electron chi connectivity index (χ0n) is 18.0. The second-order valence-corrected chi connectivity index (χ2v) is 8.08. The molecule has 2 heterocycles. The summed E-state index contributed by atoms with van der Waals surface area (Å²) in [6.07, 6.45) is 0.857. The van der Waals surface area contributed by atoms with Gasteiger partial charge in [-0.05, 0) is 41.7 Å². The molecule has 0 bridgehead atoms. The van der Waals surface area contributed by atoms with Crippen molar-refractivity contribution in [3.05, 3.63) is 59.3 Å². The van der Waals surface area contributed by atoms with Crippen molar-refractivity contribution >= 4 is 16.9 Å². The molecule has 0 radical (unpaired) electrons. The molecule has 4 rings (SSSR count). The van der Waals surface area contributed by atoms with E-state index >= 15 is 0 Å². The molecule has 6 heteroatoms.